The van der Waals surface area contributed by atoms with E-state index >= 15 is 0 Å². The van der Waals surface area contributed by atoms with Crippen molar-refractivity contribution in [3.05, 3.63) is 0 Å². The molecule has 0 unspecified atom stereocenters. The van der Waals surface area contributed by atoms with Crippen LogP contribution >= 0.6 is 0 Å². The minimum absolute atomic E-state index is 0. The minimum Gasteiger partial charge on any atom is -0.370 e. The molecule has 5 heavy (non-hydrogen) atoms. The maximum Gasteiger partial charge on any atom is 0.214 e. The molecular formula is C2H5KNO. The number of amides is 1. The van der Waals surface area contributed by atoms with E-state index in [2.05, 4.69) is 5.73 Å². The Morgan fingerprint density at radius 2 is 1.80 bits per heavy atom. The number of nitrogens with two attached hydrogens (primary N) is 1. The molecule has 0 saturated heterocycles. The minimum atomic E-state index is -0.333. The Morgan fingerprint density at radius 3 is 1.80 bits per heavy atom. The smallest absolute Gasteiger partial charge is 0.214 e. The van der Waals surface area contributed by atoms with Crippen LogP contribution in [0.2, 0.25) is 0 Å². The summed E-state index contributed by atoms with van der Waals surface area (Å²) in [5.41, 5.74) is 4.47. The van der Waals surface area contributed by atoms with Gasteiger partial charge in [0.2, 0.25) is 5.91 Å². The zero-order valence-corrected chi connectivity index (χ0v) is 6.61. The van der Waals surface area contributed by atoms with E-state index in [1.807, 2.05) is 0 Å². The quantitative estimate of drug-likeness (QED) is 0.392. The predicted molar refractivity (Wildman–Crippen MR) is 20.6 cm³/mol. The summed E-state index contributed by atoms with van der Waals surface area (Å²) in [7, 11) is 0. The van der Waals surface area contributed by atoms with Gasteiger partial charge in [0.25, 0.3) is 0 Å². The number of carbonyl (C=O) groups is 1. The van der Waals surface area contributed by atoms with E-state index in [-0.39, 0.29) is 57.3 Å². The number of primary amides is 1. The van der Waals surface area contributed by atoms with Crippen LogP contribution in [-0.2, 0) is 4.79 Å². The van der Waals surface area contributed by atoms with Gasteiger partial charge >= 0.3 is 0 Å². The first-order valence-electron chi connectivity index (χ1n) is 0.993. The molecule has 1 radical (unpaired) electrons. The van der Waals surface area contributed by atoms with Gasteiger partial charge in [-0.1, -0.05) is 0 Å². The van der Waals surface area contributed by atoms with Crippen molar-refractivity contribution in [3.63, 3.8) is 0 Å². The van der Waals surface area contributed by atoms with E-state index in [4.69, 9.17) is 0 Å². The van der Waals surface area contributed by atoms with Crippen LogP contribution < -0.4 is 5.73 Å². The molecular weight excluding hydrogens is 93.1 g/mol. The summed E-state index contributed by atoms with van der Waals surface area (Å²) in [4.78, 5) is 9.22. The predicted octanol–water partition coefficient (Wildman–Crippen LogP) is -0.889. The number of rotatable bonds is 0. The van der Waals surface area contributed by atoms with Gasteiger partial charge in [-0.3, -0.25) is 4.79 Å². The van der Waals surface area contributed by atoms with Crippen LogP contribution in [-0.4, -0.2) is 57.3 Å². The van der Waals surface area contributed by atoms with Crippen molar-refractivity contribution >= 4 is 57.3 Å². The molecule has 0 spiro atoms. The van der Waals surface area contributed by atoms with E-state index in [9.17, 15) is 4.79 Å². The molecule has 0 heterocycles. The van der Waals surface area contributed by atoms with Crippen molar-refractivity contribution in [3.8, 4) is 0 Å². The Hall–Kier alpha value is 1.11. The molecule has 0 saturated carbocycles. The van der Waals surface area contributed by atoms with Crippen molar-refractivity contribution in [2.75, 3.05) is 0 Å². The van der Waals surface area contributed by atoms with Gasteiger partial charge in [0.05, 0.1) is 0 Å². The Kier molecular flexibility index (Phi) is 9.64. The monoisotopic (exact) mass is 98.0 g/mol. The summed E-state index contributed by atoms with van der Waals surface area (Å²) < 4.78 is 0. The molecule has 0 fully saturated rings. The SMILES string of the molecule is CC(N)=O.[K]. The van der Waals surface area contributed by atoms with E-state index in [1.54, 1.807) is 0 Å². The fourth-order valence-corrected chi connectivity index (χ4v) is 0. The Labute approximate surface area is 73.5 Å². The first-order valence-corrected chi connectivity index (χ1v) is 0.993. The van der Waals surface area contributed by atoms with Crippen LogP contribution in [0.25, 0.3) is 0 Å². The fourth-order valence-electron chi connectivity index (χ4n) is 0. The van der Waals surface area contributed by atoms with Crippen LogP contribution in [0, 0.1) is 0 Å². The Morgan fingerprint density at radius 1 is 1.80 bits per heavy atom. The van der Waals surface area contributed by atoms with E-state index in [0.717, 1.165) is 0 Å². The third-order valence-electron chi connectivity index (χ3n) is 0. The topological polar surface area (TPSA) is 43.1 Å². The standard InChI is InChI=1S/C2H5NO.K/c1-2(3)4;/h1H3,(H2,3,4);. The summed E-state index contributed by atoms with van der Waals surface area (Å²) in [5, 5.41) is 0. The van der Waals surface area contributed by atoms with Crippen molar-refractivity contribution in [2.45, 2.75) is 6.92 Å². The van der Waals surface area contributed by atoms with Crippen molar-refractivity contribution < 1.29 is 4.79 Å². The number of hydrogen-bond donors (Lipinski definition) is 1. The maximum absolute atomic E-state index is 9.22. The van der Waals surface area contributed by atoms with Crippen molar-refractivity contribution in [1.29, 1.82) is 0 Å². The largest absolute Gasteiger partial charge is 0.370 e. The third-order valence-corrected chi connectivity index (χ3v) is 0. The van der Waals surface area contributed by atoms with E-state index < -0.39 is 0 Å². The summed E-state index contributed by atoms with van der Waals surface area (Å²) in [6.45, 7) is 1.31. The molecule has 0 aliphatic heterocycles. The van der Waals surface area contributed by atoms with Gasteiger partial charge in [-0.25, -0.2) is 0 Å². The number of carbonyl (C=O) groups excluding carboxylic acids is 1. The molecule has 0 aliphatic carbocycles. The molecule has 0 aromatic heterocycles. The van der Waals surface area contributed by atoms with E-state index in [1.165, 1.54) is 6.92 Å². The molecule has 2 nitrogen and oxygen atoms in total. The third kappa shape index (κ3) is 40.3. The van der Waals surface area contributed by atoms with Gasteiger partial charge in [0.1, 0.15) is 0 Å². The van der Waals surface area contributed by atoms with Crippen molar-refractivity contribution in [1.82, 2.24) is 0 Å². The Balaban J connectivity index is 0. The van der Waals surface area contributed by atoms with Gasteiger partial charge < -0.3 is 5.73 Å². The van der Waals surface area contributed by atoms with Gasteiger partial charge in [-0.2, -0.15) is 0 Å². The summed E-state index contributed by atoms with van der Waals surface area (Å²) in [5.74, 6) is -0.333. The second-order valence-electron chi connectivity index (χ2n) is 0.611. The van der Waals surface area contributed by atoms with Gasteiger partial charge in [0.15, 0.2) is 0 Å². The molecule has 0 bridgehead atoms. The van der Waals surface area contributed by atoms with Gasteiger partial charge in [-0.15, -0.1) is 0 Å². The first kappa shape index (κ1) is 9.44. The molecule has 3 heteroatoms. The summed E-state index contributed by atoms with van der Waals surface area (Å²) in [6.07, 6.45) is 0. The van der Waals surface area contributed by atoms with Crippen LogP contribution in [0.15, 0.2) is 0 Å². The molecule has 2 N–H and O–H groups in total. The van der Waals surface area contributed by atoms with Crippen LogP contribution in [0.1, 0.15) is 6.92 Å². The molecule has 0 rings (SSSR count). The summed E-state index contributed by atoms with van der Waals surface area (Å²) >= 11 is 0. The molecule has 0 aliphatic rings. The van der Waals surface area contributed by atoms with Crippen LogP contribution in [0.4, 0.5) is 0 Å². The Bertz CT molecular complexity index is 32.6. The molecule has 1 amide bonds. The fraction of sp³-hybridized carbons (Fsp3) is 0.500. The molecule has 25 valence electrons. The normalized spacial score (nSPS) is 5.00. The zero-order chi connectivity index (χ0) is 3.58. The molecule has 0 aromatic rings. The second-order valence-corrected chi connectivity index (χ2v) is 0.611. The first-order chi connectivity index (χ1) is 1.73. The maximum atomic E-state index is 9.22. The van der Waals surface area contributed by atoms with Crippen molar-refractivity contribution in [2.24, 2.45) is 5.73 Å². The van der Waals surface area contributed by atoms with Gasteiger partial charge in [0, 0.05) is 58.3 Å². The van der Waals surface area contributed by atoms with Crippen LogP contribution in [0.5, 0.6) is 0 Å². The van der Waals surface area contributed by atoms with Gasteiger partial charge in [-0.05, 0) is 0 Å². The molecule has 0 atom stereocenters. The van der Waals surface area contributed by atoms with Crippen LogP contribution in [0.3, 0.4) is 0 Å². The zero-order valence-electron chi connectivity index (χ0n) is 3.49. The van der Waals surface area contributed by atoms with E-state index in [0.29, 0.717) is 0 Å². The summed E-state index contributed by atoms with van der Waals surface area (Å²) in [6, 6.07) is 0. The average molecular weight is 98.2 g/mol. The molecule has 0 aromatic carbocycles. The average Bonchev–Trinajstić information content (AvgIpc) is 0.811. The number of hydrogen-bond acceptors (Lipinski definition) is 1. The second kappa shape index (κ2) is 5.11.